The summed E-state index contributed by atoms with van der Waals surface area (Å²) < 4.78 is 46.0. The van der Waals surface area contributed by atoms with Crippen LogP contribution < -0.4 is 10.5 Å². The second-order valence-electron chi connectivity index (χ2n) is 7.28. The molecule has 30 heavy (non-hydrogen) atoms. The van der Waals surface area contributed by atoms with Gasteiger partial charge in [-0.05, 0) is 48.1 Å². The zero-order valence-electron chi connectivity index (χ0n) is 16.9. The molecule has 0 aliphatic carbocycles. The van der Waals surface area contributed by atoms with Gasteiger partial charge in [-0.25, -0.2) is 0 Å². The van der Waals surface area contributed by atoms with E-state index in [1.807, 2.05) is 31.2 Å². The molecule has 2 aromatic rings. The minimum absolute atomic E-state index is 0. The Labute approximate surface area is 181 Å². The number of nitrogens with two attached hydrogens (primary N) is 1. The second kappa shape index (κ2) is 11.6. The maximum Gasteiger partial charge on any atom is 0.419 e. The lowest BCUT2D eigenvalue weighted by Gasteiger charge is -2.24. The first-order chi connectivity index (χ1) is 13.7. The summed E-state index contributed by atoms with van der Waals surface area (Å²) in [5.41, 5.74) is 6.33. The summed E-state index contributed by atoms with van der Waals surface area (Å²) in [5, 5.41) is 18.5. The molecule has 0 spiro atoms. The Morgan fingerprint density at radius 1 is 0.933 bits per heavy atom. The Morgan fingerprint density at radius 2 is 1.57 bits per heavy atom. The molecule has 0 fully saturated rings. The molecule has 0 bridgehead atoms. The van der Waals surface area contributed by atoms with Crippen molar-refractivity contribution in [3.05, 3.63) is 64.7 Å². The third-order valence-corrected chi connectivity index (χ3v) is 4.94. The molecule has 0 unspecified atom stereocenters. The van der Waals surface area contributed by atoms with Crippen LogP contribution in [-0.2, 0) is 25.4 Å². The van der Waals surface area contributed by atoms with Gasteiger partial charge < -0.3 is 20.7 Å². The summed E-state index contributed by atoms with van der Waals surface area (Å²) in [6.07, 6.45) is -2.79. The van der Waals surface area contributed by atoms with Crippen LogP contribution in [0.25, 0.3) is 0 Å². The molecule has 0 radical (unpaired) electrons. The van der Waals surface area contributed by atoms with E-state index >= 15 is 0 Å². The average Bonchev–Trinajstić information content (AvgIpc) is 2.72. The summed E-state index contributed by atoms with van der Waals surface area (Å²) >= 11 is 0. The Morgan fingerprint density at radius 3 is 2.17 bits per heavy atom. The zero-order valence-corrected chi connectivity index (χ0v) is 17.7. The van der Waals surface area contributed by atoms with E-state index in [9.17, 15) is 23.4 Å². The van der Waals surface area contributed by atoms with Crippen molar-refractivity contribution in [1.29, 1.82) is 0 Å². The highest BCUT2D eigenvalue weighted by molar-refractivity contribution is 5.85. The van der Waals surface area contributed by atoms with Crippen LogP contribution in [0.15, 0.2) is 42.5 Å². The van der Waals surface area contributed by atoms with Gasteiger partial charge in [0.1, 0.15) is 5.75 Å². The lowest BCUT2D eigenvalue weighted by molar-refractivity contribution is -0.139. The number of aliphatic hydroxyl groups is 2. The predicted octanol–water partition coefficient (Wildman–Crippen LogP) is 3.93. The number of alkyl halides is 3. The summed E-state index contributed by atoms with van der Waals surface area (Å²) in [6.45, 7) is 1.28. The van der Waals surface area contributed by atoms with Crippen molar-refractivity contribution < 1.29 is 28.1 Å². The van der Waals surface area contributed by atoms with Crippen molar-refractivity contribution >= 4 is 12.4 Å². The standard InChI is InChI=1S/C22H28F3NO3.ClH/c1-2-16-4-3-5-17(12-16)9-11-29-20-7-6-18(13-19(20)22(23,24)25)8-10-21(26,14-27)15-28;/h3-7,12-13,27-28H,2,8-11,14-15,26H2,1H3;1H. The molecule has 0 amide bonds. The molecule has 8 heteroatoms. The van der Waals surface area contributed by atoms with Crippen molar-refractivity contribution in [1.82, 2.24) is 0 Å². The number of hydrogen-bond acceptors (Lipinski definition) is 4. The van der Waals surface area contributed by atoms with Gasteiger partial charge in [0.15, 0.2) is 0 Å². The molecule has 4 nitrogen and oxygen atoms in total. The lowest BCUT2D eigenvalue weighted by Crippen LogP contribution is -2.47. The van der Waals surface area contributed by atoms with E-state index in [0.29, 0.717) is 12.0 Å². The smallest absolute Gasteiger partial charge is 0.419 e. The first-order valence-corrected chi connectivity index (χ1v) is 9.62. The molecular weight excluding hydrogens is 419 g/mol. The molecule has 168 valence electrons. The van der Waals surface area contributed by atoms with Crippen LogP contribution in [0.3, 0.4) is 0 Å². The number of rotatable bonds is 10. The fourth-order valence-electron chi connectivity index (χ4n) is 2.97. The Balaban J connectivity index is 0.00000450. The summed E-state index contributed by atoms with van der Waals surface area (Å²) in [6, 6.07) is 11.8. The Hall–Kier alpha value is -1.80. The highest BCUT2D eigenvalue weighted by atomic mass is 35.5. The van der Waals surface area contributed by atoms with E-state index < -0.39 is 30.5 Å². The maximum absolute atomic E-state index is 13.5. The zero-order chi connectivity index (χ0) is 21.5. The van der Waals surface area contributed by atoms with Crippen LogP contribution in [0, 0.1) is 0 Å². The number of ether oxygens (including phenoxy) is 1. The van der Waals surface area contributed by atoms with Gasteiger partial charge in [-0.2, -0.15) is 13.2 Å². The van der Waals surface area contributed by atoms with Crippen molar-refractivity contribution in [2.45, 2.75) is 44.3 Å². The molecule has 0 aliphatic heterocycles. The number of benzene rings is 2. The third kappa shape index (κ3) is 7.47. The van der Waals surface area contributed by atoms with Gasteiger partial charge in [0.2, 0.25) is 0 Å². The molecule has 0 aromatic heterocycles. The number of hydrogen-bond donors (Lipinski definition) is 3. The van der Waals surface area contributed by atoms with Crippen molar-refractivity contribution in [3.8, 4) is 5.75 Å². The average molecular weight is 448 g/mol. The van der Waals surface area contributed by atoms with Gasteiger partial charge in [-0.1, -0.05) is 37.3 Å². The molecule has 2 rings (SSSR count). The van der Waals surface area contributed by atoms with E-state index in [2.05, 4.69) is 0 Å². The molecule has 2 aromatic carbocycles. The number of aliphatic hydroxyl groups excluding tert-OH is 2. The molecule has 0 saturated heterocycles. The first kappa shape index (κ1) is 26.2. The van der Waals surface area contributed by atoms with Gasteiger partial charge in [0.05, 0.1) is 30.9 Å². The van der Waals surface area contributed by atoms with Crippen molar-refractivity contribution in [2.24, 2.45) is 5.73 Å². The van der Waals surface area contributed by atoms with Crippen LogP contribution in [0.4, 0.5) is 13.2 Å². The molecule has 0 saturated carbocycles. The fraction of sp³-hybridized carbons (Fsp3) is 0.455. The fourth-order valence-corrected chi connectivity index (χ4v) is 2.97. The van der Waals surface area contributed by atoms with Gasteiger partial charge in [0, 0.05) is 6.42 Å². The van der Waals surface area contributed by atoms with Gasteiger partial charge >= 0.3 is 6.18 Å². The lowest BCUT2D eigenvalue weighted by atomic mass is 9.93. The van der Waals surface area contributed by atoms with E-state index in [1.165, 1.54) is 11.6 Å². The van der Waals surface area contributed by atoms with Crippen molar-refractivity contribution in [2.75, 3.05) is 19.8 Å². The van der Waals surface area contributed by atoms with Crippen LogP contribution in [0.5, 0.6) is 5.75 Å². The summed E-state index contributed by atoms with van der Waals surface area (Å²) in [4.78, 5) is 0. The Bertz CT molecular complexity index is 795. The van der Waals surface area contributed by atoms with E-state index in [-0.39, 0.29) is 37.6 Å². The highest BCUT2D eigenvalue weighted by Gasteiger charge is 2.35. The molecule has 0 heterocycles. The second-order valence-corrected chi connectivity index (χ2v) is 7.28. The van der Waals surface area contributed by atoms with Crippen LogP contribution in [0.2, 0.25) is 0 Å². The number of aryl methyl sites for hydroxylation is 2. The third-order valence-electron chi connectivity index (χ3n) is 4.94. The van der Waals surface area contributed by atoms with Crippen LogP contribution >= 0.6 is 12.4 Å². The van der Waals surface area contributed by atoms with Gasteiger partial charge in [-0.3, -0.25) is 0 Å². The summed E-state index contributed by atoms with van der Waals surface area (Å²) in [7, 11) is 0. The Kier molecular flexibility index (Phi) is 10.1. The SMILES string of the molecule is CCc1cccc(CCOc2ccc(CCC(N)(CO)CO)cc2C(F)(F)F)c1.Cl. The summed E-state index contributed by atoms with van der Waals surface area (Å²) in [5.74, 6) is -0.212. The van der Waals surface area contributed by atoms with E-state index in [0.717, 1.165) is 18.1 Å². The minimum Gasteiger partial charge on any atom is -0.493 e. The van der Waals surface area contributed by atoms with Crippen LogP contribution in [-0.4, -0.2) is 35.6 Å². The van der Waals surface area contributed by atoms with Gasteiger partial charge in [-0.15, -0.1) is 12.4 Å². The van der Waals surface area contributed by atoms with Crippen molar-refractivity contribution in [3.63, 3.8) is 0 Å². The number of halogens is 4. The molecular formula is C22H29ClF3NO3. The quantitative estimate of drug-likeness (QED) is 0.516. The highest BCUT2D eigenvalue weighted by Crippen LogP contribution is 2.37. The molecule has 0 aliphatic rings. The normalized spacial score (nSPS) is 11.8. The van der Waals surface area contributed by atoms with Gasteiger partial charge in [0.25, 0.3) is 0 Å². The largest absolute Gasteiger partial charge is 0.493 e. The van der Waals surface area contributed by atoms with E-state index in [4.69, 9.17) is 10.5 Å². The maximum atomic E-state index is 13.5. The van der Waals surface area contributed by atoms with E-state index in [1.54, 1.807) is 6.07 Å². The topological polar surface area (TPSA) is 75.7 Å². The monoisotopic (exact) mass is 447 g/mol. The molecule has 4 N–H and O–H groups in total. The first-order valence-electron chi connectivity index (χ1n) is 9.62. The minimum atomic E-state index is -4.55. The molecule has 0 atom stereocenters. The van der Waals surface area contributed by atoms with Crippen LogP contribution in [0.1, 0.15) is 35.6 Å². The predicted molar refractivity (Wildman–Crippen MR) is 113 cm³/mol.